The van der Waals surface area contributed by atoms with Crippen molar-refractivity contribution >= 4 is 27.5 Å². The van der Waals surface area contributed by atoms with Crippen molar-refractivity contribution in [2.75, 3.05) is 31.2 Å². The van der Waals surface area contributed by atoms with E-state index >= 15 is 0 Å². The summed E-state index contributed by atoms with van der Waals surface area (Å²) in [7, 11) is -3.36. The van der Waals surface area contributed by atoms with Crippen molar-refractivity contribution < 1.29 is 18.0 Å². The van der Waals surface area contributed by atoms with Crippen LogP contribution in [0.4, 0.5) is 5.69 Å². The summed E-state index contributed by atoms with van der Waals surface area (Å²) in [4.78, 5) is 24.3. The molecule has 1 heterocycles. The van der Waals surface area contributed by atoms with Crippen LogP contribution in [0.15, 0.2) is 30.3 Å². The lowest BCUT2D eigenvalue weighted by atomic mass is 9.98. The molecule has 2 N–H and O–H groups in total. The Morgan fingerprint density at radius 2 is 1.92 bits per heavy atom. The number of anilines is 1. The van der Waals surface area contributed by atoms with E-state index in [0.717, 1.165) is 11.9 Å². The molecule has 0 radical (unpaired) electrons. The third-order valence-electron chi connectivity index (χ3n) is 4.24. The van der Waals surface area contributed by atoms with Gasteiger partial charge in [0.15, 0.2) is 0 Å². The Labute approximate surface area is 148 Å². The molecular formula is C17H25N3O4S. The fourth-order valence-corrected chi connectivity index (χ4v) is 3.71. The molecule has 1 saturated heterocycles. The largest absolute Gasteiger partial charge is 0.356 e. The maximum absolute atomic E-state index is 12.5. The summed E-state index contributed by atoms with van der Waals surface area (Å²) in [5, 5.41) is 5.64. The first-order valence-electron chi connectivity index (χ1n) is 8.44. The second kappa shape index (κ2) is 8.96. The van der Waals surface area contributed by atoms with Gasteiger partial charge in [0, 0.05) is 37.7 Å². The molecule has 7 nitrogen and oxygen atoms in total. The van der Waals surface area contributed by atoms with Crippen molar-refractivity contribution in [3.63, 3.8) is 0 Å². The van der Waals surface area contributed by atoms with Crippen molar-refractivity contribution in [2.24, 2.45) is 5.92 Å². The standard InChI is InChI=1S/C17H25N3O4S/c1-25(23,24)20-12-5-6-14(9-11-18-16(21)10-13-20)17(22)19-15-7-3-2-4-8-15/h2-4,7-8,14H,5-6,9-13H2,1H3,(H,18,21)(H,19,22). The third kappa shape index (κ3) is 6.47. The van der Waals surface area contributed by atoms with Crippen LogP contribution in [-0.4, -0.2) is 50.4 Å². The van der Waals surface area contributed by atoms with E-state index in [-0.39, 0.29) is 30.7 Å². The summed E-state index contributed by atoms with van der Waals surface area (Å²) in [6.07, 6.45) is 2.95. The monoisotopic (exact) mass is 367 g/mol. The molecule has 0 bridgehead atoms. The lowest BCUT2D eigenvalue weighted by molar-refractivity contribution is -0.122. The lowest BCUT2D eigenvalue weighted by Gasteiger charge is -2.20. The molecule has 1 aliphatic heterocycles. The van der Waals surface area contributed by atoms with Gasteiger partial charge in [0.1, 0.15) is 0 Å². The molecule has 0 saturated carbocycles. The van der Waals surface area contributed by atoms with Gasteiger partial charge in [-0.1, -0.05) is 18.2 Å². The number of nitrogens with one attached hydrogen (secondary N) is 2. The average Bonchev–Trinajstić information content (AvgIpc) is 2.59. The molecule has 8 heteroatoms. The number of rotatable bonds is 3. The van der Waals surface area contributed by atoms with Gasteiger partial charge < -0.3 is 10.6 Å². The number of carbonyl (C=O) groups is 2. The van der Waals surface area contributed by atoms with Gasteiger partial charge >= 0.3 is 0 Å². The quantitative estimate of drug-likeness (QED) is 0.839. The number of hydrogen-bond donors (Lipinski definition) is 2. The molecule has 1 aromatic carbocycles. The smallest absolute Gasteiger partial charge is 0.227 e. The Kier molecular flexibility index (Phi) is 6.95. The highest BCUT2D eigenvalue weighted by Crippen LogP contribution is 2.17. The molecule has 0 spiro atoms. The molecular weight excluding hydrogens is 342 g/mol. The number of hydrogen-bond acceptors (Lipinski definition) is 4. The zero-order chi connectivity index (χ0) is 18.3. The van der Waals surface area contributed by atoms with Crippen molar-refractivity contribution in [3.05, 3.63) is 30.3 Å². The summed E-state index contributed by atoms with van der Waals surface area (Å²) in [6, 6.07) is 9.19. The fourth-order valence-electron chi connectivity index (χ4n) is 2.83. The fraction of sp³-hybridized carbons (Fsp3) is 0.529. The minimum atomic E-state index is -3.36. The second-order valence-corrected chi connectivity index (χ2v) is 8.23. The molecule has 1 unspecified atom stereocenters. The van der Waals surface area contributed by atoms with E-state index in [0.29, 0.717) is 32.4 Å². The van der Waals surface area contributed by atoms with Gasteiger partial charge in [-0.05, 0) is 31.4 Å². The first kappa shape index (κ1) is 19.4. The van der Waals surface area contributed by atoms with Crippen molar-refractivity contribution in [1.82, 2.24) is 9.62 Å². The zero-order valence-corrected chi connectivity index (χ0v) is 15.2. The SMILES string of the molecule is CS(=O)(=O)N1CCCC(C(=O)Nc2ccccc2)CCNC(=O)CC1. The maximum atomic E-state index is 12.5. The summed E-state index contributed by atoms with van der Waals surface area (Å²) in [5.41, 5.74) is 0.726. The van der Waals surface area contributed by atoms with Gasteiger partial charge in [0.25, 0.3) is 0 Å². The van der Waals surface area contributed by atoms with Crippen LogP contribution in [0, 0.1) is 5.92 Å². The van der Waals surface area contributed by atoms with Crippen molar-refractivity contribution in [3.8, 4) is 0 Å². The Hall–Kier alpha value is -1.93. The highest BCUT2D eigenvalue weighted by molar-refractivity contribution is 7.88. The van der Waals surface area contributed by atoms with Crippen LogP contribution in [0.2, 0.25) is 0 Å². The predicted octanol–water partition coefficient (Wildman–Crippen LogP) is 1.19. The van der Waals surface area contributed by atoms with Gasteiger partial charge in [-0.2, -0.15) is 0 Å². The molecule has 138 valence electrons. The lowest BCUT2D eigenvalue weighted by Crippen LogP contribution is -2.35. The third-order valence-corrected chi connectivity index (χ3v) is 5.55. The van der Waals surface area contributed by atoms with Crippen molar-refractivity contribution in [1.29, 1.82) is 0 Å². The van der Waals surface area contributed by atoms with E-state index < -0.39 is 10.0 Å². The van der Waals surface area contributed by atoms with E-state index in [9.17, 15) is 18.0 Å². The van der Waals surface area contributed by atoms with Gasteiger partial charge in [-0.25, -0.2) is 12.7 Å². The van der Waals surface area contributed by atoms with Crippen LogP contribution >= 0.6 is 0 Å². The number of benzene rings is 1. The minimum Gasteiger partial charge on any atom is -0.356 e. The van der Waals surface area contributed by atoms with E-state index in [2.05, 4.69) is 10.6 Å². The van der Waals surface area contributed by atoms with E-state index in [1.54, 1.807) is 0 Å². The number of carbonyl (C=O) groups excluding carboxylic acids is 2. The summed E-state index contributed by atoms with van der Waals surface area (Å²) in [6.45, 7) is 0.900. The van der Waals surface area contributed by atoms with E-state index in [1.807, 2.05) is 30.3 Å². The predicted molar refractivity (Wildman–Crippen MR) is 96.5 cm³/mol. The van der Waals surface area contributed by atoms with Crippen LogP contribution in [0.25, 0.3) is 0 Å². The highest BCUT2D eigenvalue weighted by Gasteiger charge is 2.23. The Morgan fingerprint density at radius 1 is 1.20 bits per heavy atom. The number of para-hydroxylation sites is 1. The first-order valence-corrected chi connectivity index (χ1v) is 10.3. The van der Waals surface area contributed by atoms with Gasteiger partial charge in [-0.3, -0.25) is 9.59 Å². The highest BCUT2D eigenvalue weighted by atomic mass is 32.2. The average molecular weight is 367 g/mol. The van der Waals surface area contributed by atoms with Crippen LogP contribution in [0.1, 0.15) is 25.7 Å². The topological polar surface area (TPSA) is 95.6 Å². The van der Waals surface area contributed by atoms with Gasteiger partial charge in [0.2, 0.25) is 21.8 Å². The van der Waals surface area contributed by atoms with Crippen LogP contribution in [0.5, 0.6) is 0 Å². The van der Waals surface area contributed by atoms with Crippen LogP contribution in [-0.2, 0) is 19.6 Å². The molecule has 1 aliphatic rings. The molecule has 1 aromatic rings. The molecule has 2 amide bonds. The van der Waals surface area contributed by atoms with E-state index in [1.165, 1.54) is 4.31 Å². The molecule has 2 rings (SSSR count). The second-order valence-electron chi connectivity index (χ2n) is 6.25. The summed E-state index contributed by atoms with van der Waals surface area (Å²) >= 11 is 0. The number of amides is 2. The molecule has 1 fully saturated rings. The first-order chi connectivity index (χ1) is 11.9. The Morgan fingerprint density at radius 3 is 2.60 bits per heavy atom. The number of nitrogens with zero attached hydrogens (tertiary/aromatic N) is 1. The van der Waals surface area contributed by atoms with Gasteiger partial charge in [-0.15, -0.1) is 0 Å². The van der Waals surface area contributed by atoms with Crippen LogP contribution in [0.3, 0.4) is 0 Å². The Balaban J connectivity index is 2.03. The molecule has 0 aliphatic carbocycles. The molecule has 1 atom stereocenters. The van der Waals surface area contributed by atoms with Gasteiger partial charge in [0.05, 0.1) is 6.26 Å². The molecule has 25 heavy (non-hydrogen) atoms. The van der Waals surface area contributed by atoms with Crippen LogP contribution < -0.4 is 10.6 Å². The zero-order valence-electron chi connectivity index (χ0n) is 14.4. The Bertz CT molecular complexity index is 691. The van der Waals surface area contributed by atoms with E-state index in [4.69, 9.17) is 0 Å². The minimum absolute atomic E-state index is 0.106. The summed E-state index contributed by atoms with van der Waals surface area (Å²) in [5.74, 6) is -0.580. The summed E-state index contributed by atoms with van der Waals surface area (Å²) < 4.78 is 24.9. The van der Waals surface area contributed by atoms with Crippen molar-refractivity contribution in [2.45, 2.75) is 25.7 Å². The molecule has 0 aromatic heterocycles. The number of sulfonamides is 1. The maximum Gasteiger partial charge on any atom is 0.227 e. The normalized spacial score (nSPS) is 21.0.